The van der Waals surface area contributed by atoms with Gasteiger partial charge in [0.25, 0.3) is 0 Å². The van der Waals surface area contributed by atoms with Gasteiger partial charge in [0.15, 0.2) is 0 Å². The standard InChI is InChI=1S/C29H54N6O5/c1-2-3-4-5-6-7-8-9-10-11-12-13-27(36)32-16-18-39-20-21-40-19-17-33-29(38)26(35-28(37)14-15-30)22-25-23-31-24-34-25/h23-24,26H,2-22,30H2,1H3,(H,31,34)(H,32,36)(H,33,38)(H,35,37)/t26-/m0/s1. The van der Waals surface area contributed by atoms with Gasteiger partial charge in [0.1, 0.15) is 6.04 Å². The molecule has 11 heteroatoms. The molecular weight excluding hydrogens is 512 g/mol. The van der Waals surface area contributed by atoms with Crippen molar-refractivity contribution in [2.75, 3.05) is 46.1 Å². The van der Waals surface area contributed by atoms with E-state index >= 15 is 0 Å². The highest BCUT2D eigenvalue weighted by Gasteiger charge is 2.21. The van der Waals surface area contributed by atoms with E-state index < -0.39 is 6.04 Å². The zero-order valence-corrected chi connectivity index (χ0v) is 24.6. The number of carbonyl (C=O) groups is 3. The van der Waals surface area contributed by atoms with Crippen molar-refractivity contribution in [1.29, 1.82) is 0 Å². The Bertz CT molecular complexity index is 762. The summed E-state index contributed by atoms with van der Waals surface area (Å²) in [4.78, 5) is 43.3. The minimum Gasteiger partial charge on any atom is -0.377 e. The molecule has 40 heavy (non-hydrogen) atoms. The van der Waals surface area contributed by atoms with Crippen LogP contribution in [0.1, 0.15) is 96.1 Å². The Morgan fingerprint density at radius 1 is 0.825 bits per heavy atom. The SMILES string of the molecule is CCCCCCCCCCCCCC(=O)NCCOCCOCCNC(=O)[C@H](Cc1cnc[nH]1)NC(=O)CCN. The number of carbonyl (C=O) groups excluding carboxylic acids is 3. The molecule has 1 atom stereocenters. The van der Waals surface area contributed by atoms with Crippen LogP contribution in [0.25, 0.3) is 0 Å². The lowest BCUT2D eigenvalue weighted by Crippen LogP contribution is -2.49. The van der Waals surface area contributed by atoms with Gasteiger partial charge in [-0.3, -0.25) is 14.4 Å². The van der Waals surface area contributed by atoms with Crippen molar-refractivity contribution >= 4 is 17.7 Å². The lowest BCUT2D eigenvalue weighted by atomic mass is 10.1. The van der Waals surface area contributed by atoms with Crippen molar-refractivity contribution in [3.8, 4) is 0 Å². The number of ether oxygens (including phenoxy) is 2. The summed E-state index contributed by atoms with van der Waals surface area (Å²) in [6, 6.07) is -0.729. The van der Waals surface area contributed by atoms with Crippen LogP contribution < -0.4 is 21.7 Å². The van der Waals surface area contributed by atoms with E-state index in [2.05, 4.69) is 32.8 Å². The van der Waals surface area contributed by atoms with Gasteiger partial charge in [-0.1, -0.05) is 71.1 Å². The molecule has 1 aromatic heterocycles. The second-order valence-electron chi connectivity index (χ2n) is 10.1. The summed E-state index contributed by atoms with van der Waals surface area (Å²) in [6.45, 7) is 4.79. The van der Waals surface area contributed by atoms with Crippen LogP contribution in [-0.2, 0) is 30.3 Å². The third-order valence-corrected chi connectivity index (χ3v) is 6.50. The molecule has 0 fully saturated rings. The molecule has 0 unspecified atom stereocenters. The maximum atomic E-state index is 12.5. The fraction of sp³-hybridized carbons (Fsp3) is 0.793. The fourth-order valence-corrected chi connectivity index (χ4v) is 4.22. The molecule has 6 N–H and O–H groups in total. The van der Waals surface area contributed by atoms with Crippen LogP contribution in [0.3, 0.4) is 0 Å². The predicted molar refractivity (Wildman–Crippen MR) is 157 cm³/mol. The summed E-state index contributed by atoms with van der Waals surface area (Å²) in [5.41, 5.74) is 6.16. The smallest absolute Gasteiger partial charge is 0.243 e. The van der Waals surface area contributed by atoms with Gasteiger partial charge >= 0.3 is 0 Å². The Kier molecular flexibility index (Phi) is 22.6. The first-order valence-corrected chi connectivity index (χ1v) is 15.2. The van der Waals surface area contributed by atoms with E-state index in [9.17, 15) is 14.4 Å². The third kappa shape index (κ3) is 20.4. The number of nitrogens with two attached hydrogens (primary N) is 1. The van der Waals surface area contributed by atoms with Crippen LogP contribution in [-0.4, -0.2) is 79.8 Å². The van der Waals surface area contributed by atoms with Gasteiger partial charge in [-0.25, -0.2) is 4.98 Å². The fourth-order valence-electron chi connectivity index (χ4n) is 4.22. The number of aromatic nitrogens is 2. The molecule has 0 spiro atoms. The van der Waals surface area contributed by atoms with Crippen LogP contribution in [0.2, 0.25) is 0 Å². The predicted octanol–water partition coefficient (Wildman–Crippen LogP) is 2.75. The summed E-state index contributed by atoms with van der Waals surface area (Å²) in [7, 11) is 0. The average molecular weight is 567 g/mol. The molecule has 0 saturated carbocycles. The summed E-state index contributed by atoms with van der Waals surface area (Å²) in [5, 5.41) is 8.37. The van der Waals surface area contributed by atoms with Crippen molar-refractivity contribution in [3.63, 3.8) is 0 Å². The van der Waals surface area contributed by atoms with E-state index in [-0.39, 0.29) is 30.7 Å². The normalized spacial score (nSPS) is 11.8. The van der Waals surface area contributed by atoms with Crippen LogP contribution in [0.4, 0.5) is 0 Å². The molecule has 0 aliphatic rings. The zero-order valence-electron chi connectivity index (χ0n) is 24.6. The Morgan fingerprint density at radius 3 is 2.00 bits per heavy atom. The van der Waals surface area contributed by atoms with Crippen molar-refractivity contribution in [3.05, 3.63) is 18.2 Å². The summed E-state index contributed by atoms with van der Waals surface area (Å²) in [5.74, 6) is -0.499. The number of hydrogen-bond acceptors (Lipinski definition) is 7. The topological polar surface area (TPSA) is 160 Å². The van der Waals surface area contributed by atoms with Gasteiger partial charge < -0.3 is 36.1 Å². The lowest BCUT2D eigenvalue weighted by molar-refractivity contribution is -0.129. The second-order valence-corrected chi connectivity index (χ2v) is 10.1. The van der Waals surface area contributed by atoms with E-state index in [0.29, 0.717) is 52.4 Å². The Morgan fingerprint density at radius 2 is 1.43 bits per heavy atom. The molecular formula is C29H54N6O5. The maximum absolute atomic E-state index is 12.5. The van der Waals surface area contributed by atoms with E-state index in [1.54, 1.807) is 6.20 Å². The molecule has 0 aliphatic heterocycles. The molecule has 1 aromatic rings. The van der Waals surface area contributed by atoms with Crippen molar-refractivity contribution in [1.82, 2.24) is 25.9 Å². The first-order valence-electron chi connectivity index (χ1n) is 15.2. The second kappa shape index (κ2) is 25.5. The van der Waals surface area contributed by atoms with Gasteiger partial charge in [-0.2, -0.15) is 0 Å². The molecule has 11 nitrogen and oxygen atoms in total. The highest BCUT2D eigenvalue weighted by atomic mass is 16.5. The van der Waals surface area contributed by atoms with E-state index in [4.69, 9.17) is 15.2 Å². The summed E-state index contributed by atoms with van der Waals surface area (Å²) in [6.07, 6.45) is 18.1. The first kappa shape index (κ1) is 35.5. The minimum absolute atomic E-state index is 0.0802. The molecule has 0 aliphatic carbocycles. The number of imidazole rings is 1. The van der Waals surface area contributed by atoms with Crippen LogP contribution in [0.5, 0.6) is 0 Å². The van der Waals surface area contributed by atoms with Gasteiger partial charge in [0, 0.05) is 50.8 Å². The maximum Gasteiger partial charge on any atom is 0.243 e. The van der Waals surface area contributed by atoms with Gasteiger partial charge in [-0.15, -0.1) is 0 Å². The van der Waals surface area contributed by atoms with E-state index in [1.165, 1.54) is 64.1 Å². The van der Waals surface area contributed by atoms with Crippen molar-refractivity contribution in [2.24, 2.45) is 5.73 Å². The van der Waals surface area contributed by atoms with Crippen LogP contribution in [0, 0.1) is 0 Å². The average Bonchev–Trinajstić information content (AvgIpc) is 3.45. The Balaban J connectivity index is 1.95. The Labute approximate surface area is 240 Å². The molecule has 1 heterocycles. The highest BCUT2D eigenvalue weighted by molar-refractivity contribution is 5.87. The largest absolute Gasteiger partial charge is 0.377 e. The number of H-pyrrole nitrogens is 1. The van der Waals surface area contributed by atoms with Crippen molar-refractivity contribution < 1.29 is 23.9 Å². The molecule has 1 rings (SSSR count). The van der Waals surface area contributed by atoms with Crippen LogP contribution in [0.15, 0.2) is 12.5 Å². The number of rotatable bonds is 27. The lowest BCUT2D eigenvalue weighted by Gasteiger charge is -2.18. The first-order chi connectivity index (χ1) is 19.6. The summed E-state index contributed by atoms with van der Waals surface area (Å²) < 4.78 is 11.0. The van der Waals surface area contributed by atoms with Crippen LogP contribution >= 0.6 is 0 Å². The molecule has 3 amide bonds. The van der Waals surface area contributed by atoms with Gasteiger partial charge in [-0.05, 0) is 6.42 Å². The quantitative estimate of drug-likeness (QED) is 0.102. The number of unbranched alkanes of at least 4 members (excludes halogenated alkanes) is 10. The highest BCUT2D eigenvalue weighted by Crippen LogP contribution is 2.11. The molecule has 0 radical (unpaired) electrons. The molecule has 0 saturated heterocycles. The third-order valence-electron chi connectivity index (χ3n) is 6.50. The Hall–Kier alpha value is -2.50. The molecule has 0 aromatic carbocycles. The summed E-state index contributed by atoms with van der Waals surface area (Å²) >= 11 is 0. The zero-order chi connectivity index (χ0) is 29.1. The number of nitrogens with one attached hydrogen (secondary N) is 4. The van der Waals surface area contributed by atoms with Gasteiger partial charge in [0.05, 0.1) is 32.8 Å². The van der Waals surface area contributed by atoms with E-state index in [0.717, 1.165) is 18.5 Å². The monoisotopic (exact) mass is 566 g/mol. The molecule has 230 valence electrons. The van der Waals surface area contributed by atoms with Crippen molar-refractivity contribution in [2.45, 2.75) is 103 Å². The van der Waals surface area contributed by atoms with Gasteiger partial charge in [0.2, 0.25) is 17.7 Å². The van der Waals surface area contributed by atoms with E-state index in [1.807, 2.05) is 0 Å². The molecule has 0 bridgehead atoms. The minimum atomic E-state index is -0.729. The number of nitrogens with zero attached hydrogens (tertiary/aromatic N) is 1. The number of amides is 3. The number of hydrogen-bond donors (Lipinski definition) is 5. The number of aromatic amines is 1.